The van der Waals surface area contributed by atoms with E-state index in [9.17, 15) is 4.79 Å². The summed E-state index contributed by atoms with van der Waals surface area (Å²) in [4.78, 5) is 18.8. The Morgan fingerprint density at radius 1 is 1.04 bits per heavy atom. The highest BCUT2D eigenvalue weighted by molar-refractivity contribution is 5.92. The number of rotatable bonds is 4. The van der Waals surface area contributed by atoms with Gasteiger partial charge in [0.25, 0.3) is 5.89 Å². The number of aromatic nitrogens is 3. The third-order valence-corrected chi connectivity index (χ3v) is 4.56. The van der Waals surface area contributed by atoms with Crippen LogP contribution in [0.25, 0.3) is 22.4 Å². The summed E-state index contributed by atoms with van der Waals surface area (Å²) in [5.74, 6) is -0.132. The Labute approximate surface area is 139 Å². The highest BCUT2D eigenvalue weighted by Crippen LogP contribution is 2.23. The quantitative estimate of drug-likeness (QED) is 0.738. The van der Waals surface area contributed by atoms with Gasteiger partial charge >= 0.3 is 5.76 Å². The molecule has 1 aliphatic heterocycles. The largest absolute Gasteiger partial charge is 0.437 e. The van der Waals surface area contributed by atoms with E-state index < -0.39 is 5.76 Å². The van der Waals surface area contributed by atoms with Crippen LogP contribution >= 0.6 is 0 Å². The normalized spacial score (nSPS) is 15.8. The molecule has 3 aromatic rings. The van der Waals surface area contributed by atoms with Crippen molar-refractivity contribution < 1.29 is 4.42 Å². The average molecular weight is 324 g/mol. The summed E-state index contributed by atoms with van der Waals surface area (Å²) < 4.78 is 6.77. The molecule has 2 aromatic heterocycles. The number of nitrogens with zero attached hydrogens (tertiary/aromatic N) is 4. The van der Waals surface area contributed by atoms with Crippen LogP contribution in [-0.2, 0) is 6.54 Å². The first kappa shape index (κ1) is 15.1. The average Bonchev–Trinajstić information content (AvgIpc) is 3.01. The first-order chi connectivity index (χ1) is 11.8. The number of hydrogen-bond donors (Lipinski definition) is 0. The molecule has 0 N–H and O–H groups in total. The summed E-state index contributed by atoms with van der Waals surface area (Å²) in [7, 11) is 0. The maximum Gasteiger partial charge on any atom is 0.437 e. The molecule has 0 bridgehead atoms. The van der Waals surface area contributed by atoms with Gasteiger partial charge in [-0.25, -0.2) is 4.79 Å². The Balaban J connectivity index is 1.59. The predicted octanol–water partition coefficient (Wildman–Crippen LogP) is 2.54. The van der Waals surface area contributed by atoms with Crippen LogP contribution in [0.2, 0.25) is 0 Å². The third kappa shape index (κ3) is 2.97. The van der Waals surface area contributed by atoms with Gasteiger partial charge in [0.05, 0.1) is 6.54 Å². The van der Waals surface area contributed by atoms with Crippen molar-refractivity contribution in [2.45, 2.75) is 25.8 Å². The van der Waals surface area contributed by atoms with E-state index in [1.54, 1.807) is 6.20 Å². The molecular formula is C18H20N4O2. The number of pyridine rings is 1. The van der Waals surface area contributed by atoms with E-state index in [2.05, 4.69) is 15.0 Å². The summed E-state index contributed by atoms with van der Waals surface area (Å²) >= 11 is 0. The summed E-state index contributed by atoms with van der Waals surface area (Å²) in [5, 5.41) is 6.35. The van der Waals surface area contributed by atoms with Crippen molar-refractivity contribution in [1.29, 1.82) is 0 Å². The summed E-state index contributed by atoms with van der Waals surface area (Å²) in [6.07, 6.45) is 5.49. The zero-order valence-electron chi connectivity index (χ0n) is 13.5. The van der Waals surface area contributed by atoms with E-state index in [0.717, 1.165) is 30.4 Å². The lowest BCUT2D eigenvalue weighted by molar-refractivity contribution is 0.216. The number of benzene rings is 1. The minimum atomic E-state index is -0.420. The van der Waals surface area contributed by atoms with Crippen LogP contribution in [-0.4, -0.2) is 39.3 Å². The number of likely N-dealkylation sites (tertiary alicyclic amines) is 1. The smallest absolute Gasteiger partial charge is 0.386 e. The zero-order chi connectivity index (χ0) is 16.4. The van der Waals surface area contributed by atoms with E-state index in [0.29, 0.717) is 12.2 Å². The standard InChI is InChI=1S/C18H20N4O2/c23-18-22(13-12-21-10-4-1-5-11-21)20-17(24-18)16-15-7-3-2-6-14(15)8-9-19-16/h2-3,6-9H,1,4-5,10-13H2. The fourth-order valence-corrected chi connectivity index (χ4v) is 3.25. The van der Waals surface area contributed by atoms with Crippen molar-refractivity contribution in [3.8, 4) is 11.6 Å². The Morgan fingerprint density at radius 2 is 1.88 bits per heavy atom. The molecule has 1 fully saturated rings. The SMILES string of the molecule is O=c1oc(-c2nccc3ccccc23)nn1CCN1CCCCC1. The molecule has 0 spiro atoms. The molecule has 1 saturated heterocycles. The predicted molar refractivity (Wildman–Crippen MR) is 91.8 cm³/mol. The van der Waals surface area contributed by atoms with Crippen molar-refractivity contribution >= 4 is 10.8 Å². The minimum absolute atomic E-state index is 0.287. The summed E-state index contributed by atoms with van der Waals surface area (Å²) in [6.45, 7) is 3.58. The van der Waals surface area contributed by atoms with Crippen LogP contribution in [0.5, 0.6) is 0 Å². The number of piperidine rings is 1. The maximum absolute atomic E-state index is 12.1. The van der Waals surface area contributed by atoms with Gasteiger partial charge in [-0.05, 0) is 37.4 Å². The van der Waals surface area contributed by atoms with E-state index in [1.165, 1.54) is 23.9 Å². The van der Waals surface area contributed by atoms with Crippen LogP contribution in [0.4, 0.5) is 0 Å². The first-order valence-electron chi connectivity index (χ1n) is 8.46. The fraction of sp³-hybridized carbons (Fsp3) is 0.389. The monoisotopic (exact) mass is 324 g/mol. The Bertz CT molecular complexity index is 888. The van der Waals surface area contributed by atoms with E-state index in [4.69, 9.17) is 4.42 Å². The van der Waals surface area contributed by atoms with E-state index in [1.807, 2.05) is 30.3 Å². The minimum Gasteiger partial charge on any atom is -0.386 e. The second-order valence-electron chi connectivity index (χ2n) is 6.18. The van der Waals surface area contributed by atoms with Crippen LogP contribution in [0.1, 0.15) is 19.3 Å². The van der Waals surface area contributed by atoms with Gasteiger partial charge in [-0.1, -0.05) is 30.7 Å². The molecule has 0 amide bonds. The molecule has 124 valence electrons. The van der Waals surface area contributed by atoms with Gasteiger partial charge in [0.1, 0.15) is 5.69 Å². The molecule has 6 heteroatoms. The van der Waals surface area contributed by atoms with Gasteiger partial charge in [-0.15, -0.1) is 5.10 Å². The Morgan fingerprint density at radius 3 is 2.75 bits per heavy atom. The molecule has 0 atom stereocenters. The highest BCUT2D eigenvalue weighted by atomic mass is 16.4. The lowest BCUT2D eigenvalue weighted by Crippen LogP contribution is -2.34. The van der Waals surface area contributed by atoms with Gasteiger partial charge in [-0.3, -0.25) is 4.98 Å². The molecule has 0 radical (unpaired) electrons. The molecule has 4 rings (SSSR count). The van der Waals surface area contributed by atoms with Gasteiger partial charge in [0.15, 0.2) is 0 Å². The van der Waals surface area contributed by atoms with Crippen molar-refractivity contribution in [3.05, 3.63) is 47.1 Å². The van der Waals surface area contributed by atoms with E-state index >= 15 is 0 Å². The molecule has 0 aliphatic carbocycles. The Hall–Kier alpha value is -2.47. The molecule has 0 unspecified atom stereocenters. The lowest BCUT2D eigenvalue weighted by Gasteiger charge is -2.25. The molecular weight excluding hydrogens is 304 g/mol. The third-order valence-electron chi connectivity index (χ3n) is 4.56. The van der Waals surface area contributed by atoms with Gasteiger partial charge in [0.2, 0.25) is 0 Å². The second-order valence-corrected chi connectivity index (χ2v) is 6.18. The number of hydrogen-bond acceptors (Lipinski definition) is 5. The molecule has 1 aromatic carbocycles. The van der Waals surface area contributed by atoms with E-state index in [-0.39, 0.29) is 5.89 Å². The second kappa shape index (κ2) is 6.57. The van der Waals surface area contributed by atoms with Gasteiger partial charge in [-0.2, -0.15) is 4.68 Å². The number of fused-ring (bicyclic) bond motifs is 1. The molecule has 1 aliphatic rings. The summed E-state index contributed by atoms with van der Waals surface area (Å²) in [6, 6.07) is 9.82. The molecule has 0 saturated carbocycles. The highest BCUT2D eigenvalue weighted by Gasteiger charge is 2.16. The maximum atomic E-state index is 12.1. The van der Waals surface area contributed by atoms with Gasteiger partial charge in [0, 0.05) is 18.1 Å². The van der Waals surface area contributed by atoms with Crippen LogP contribution in [0.3, 0.4) is 0 Å². The fourth-order valence-electron chi connectivity index (χ4n) is 3.25. The lowest BCUT2D eigenvalue weighted by atomic mass is 10.1. The van der Waals surface area contributed by atoms with Crippen LogP contribution in [0, 0.1) is 0 Å². The van der Waals surface area contributed by atoms with Crippen LogP contribution in [0.15, 0.2) is 45.7 Å². The van der Waals surface area contributed by atoms with Crippen molar-refractivity contribution in [3.63, 3.8) is 0 Å². The van der Waals surface area contributed by atoms with Crippen molar-refractivity contribution in [2.75, 3.05) is 19.6 Å². The van der Waals surface area contributed by atoms with Crippen LogP contribution < -0.4 is 5.76 Å². The zero-order valence-corrected chi connectivity index (χ0v) is 13.5. The molecule has 6 nitrogen and oxygen atoms in total. The summed E-state index contributed by atoms with van der Waals surface area (Å²) in [5.41, 5.74) is 0.613. The topological polar surface area (TPSA) is 64.2 Å². The van der Waals surface area contributed by atoms with Crippen molar-refractivity contribution in [2.24, 2.45) is 0 Å². The first-order valence-corrected chi connectivity index (χ1v) is 8.46. The van der Waals surface area contributed by atoms with Gasteiger partial charge < -0.3 is 9.32 Å². The van der Waals surface area contributed by atoms with Crippen molar-refractivity contribution in [1.82, 2.24) is 19.7 Å². The Kier molecular flexibility index (Phi) is 4.13. The molecule has 3 heterocycles. The molecule has 24 heavy (non-hydrogen) atoms.